The smallest absolute Gasteiger partial charge is 0.230 e. The van der Waals surface area contributed by atoms with Crippen molar-refractivity contribution in [1.29, 1.82) is 0 Å². The molecule has 2 heterocycles. The number of anilines is 1. The normalized spacial score (nSPS) is 27.1. The van der Waals surface area contributed by atoms with E-state index in [-0.39, 0.29) is 12.0 Å². The van der Waals surface area contributed by atoms with E-state index < -0.39 is 0 Å². The lowest BCUT2D eigenvalue weighted by Gasteiger charge is -2.29. The van der Waals surface area contributed by atoms with Crippen LogP contribution in [0.25, 0.3) is 0 Å². The van der Waals surface area contributed by atoms with Crippen molar-refractivity contribution in [1.82, 2.24) is 15.5 Å². The van der Waals surface area contributed by atoms with E-state index in [2.05, 4.69) is 27.8 Å². The molecule has 1 aliphatic carbocycles. The van der Waals surface area contributed by atoms with Crippen molar-refractivity contribution in [3.63, 3.8) is 0 Å². The fourth-order valence-electron chi connectivity index (χ4n) is 3.25. The van der Waals surface area contributed by atoms with Crippen LogP contribution >= 0.6 is 23.1 Å². The second kappa shape index (κ2) is 9.01. The molecule has 24 heavy (non-hydrogen) atoms. The largest absolute Gasteiger partial charge is 0.376 e. The van der Waals surface area contributed by atoms with Crippen molar-refractivity contribution in [2.24, 2.45) is 5.92 Å². The zero-order valence-electron chi connectivity index (χ0n) is 14.1. The number of nitrogens with one attached hydrogen (secondary N) is 2. The van der Waals surface area contributed by atoms with Crippen LogP contribution in [0.15, 0.2) is 4.34 Å². The first-order valence-corrected chi connectivity index (χ1v) is 10.6. The third-order valence-corrected chi connectivity index (χ3v) is 6.71. The van der Waals surface area contributed by atoms with E-state index in [1.807, 2.05) is 0 Å². The Hall–Kier alpha value is -0.860. The predicted molar refractivity (Wildman–Crippen MR) is 97.7 cm³/mol. The number of thioether (sulfide) groups is 1. The van der Waals surface area contributed by atoms with Crippen molar-refractivity contribution in [2.75, 3.05) is 24.2 Å². The molecule has 1 aromatic rings. The van der Waals surface area contributed by atoms with E-state index in [0.29, 0.717) is 17.7 Å². The molecule has 0 aromatic carbocycles. The minimum atomic E-state index is 0.0998. The molecule has 1 saturated carbocycles. The van der Waals surface area contributed by atoms with Gasteiger partial charge in [-0.1, -0.05) is 42.9 Å². The van der Waals surface area contributed by atoms with Gasteiger partial charge < -0.3 is 15.4 Å². The summed E-state index contributed by atoms with van der Waals surface area (Å²) in [5, 5.41) is 15.5. The summed E-state index contributed by atoms with van der Waals surface area (Å²) in [6.45, 7) is 3.87. The van der Waals surface area contributed by atoms with Crippen LogP contribution in [-0.4, -0.2) is 47.2 Å². The molecule has 0 unspecified atom stereocenters. The summed E-state index contributed by atoms with van der Waals surface area (Å²) < 4.78 is 6.41. The van der Waals surface area contributed by atoms with E-state index in [1.54, 1.807) is 0 Å². The molecule has 3 atom stereocenters. The van der Waals surface area contributed by atoms with E-state index in [4.69, 9.17) is 4.74 Å². The molecule has 1 aliphatic heterocycles. The average molecular weight is 371 g/mol. The minimum absolute atomic E-state index is 0.0998. The predicted octanol–water partition coefficient (Wildman–Crippen LogP) is 2.92. The monoisotopic (exact) mass is 370 g/mol. The highest BCUT2D eigenvalue weighted by atomic mass is 32.2. The maximum atomic E-state index is 12.1. The molecule has 2 fully saturated rings. The molecule has 1 saturated heterocycles. The molecule has 6 nitrogen and oxygen atoms in total. The van der Waals surface area contributed by atoms with Crippen LogP contribution in [0.3, 0.4) is 0 Å². The lowest BCUT2D eigenvalue weighted by molar-refractivity contribution is -0.119. The first kappa shape index (κ1) is 17.9. The average Bonchev–Trinajstić information content (AvgIpc) is 3.25. The van der Waals surface area contributed by atoms with Crippen LogP contribution in [0.2, 0.25) is 0 Å². The highest BCUT2D eigenvalue weighted by Crippen LogP contribution is 2.27. The molecule has 134 valence electrons. The summed E-state index contributed by atoms with van der Waals surface area (Å²) in [5.41, 5.74) is 0. The maximum Gasteiger partial charge on any atom is 0.230 e. The van der Waals surface area contributed by atoms with Crippen LogP contribution in [-0.2, 0) is 9.53 Å². The number of rotatable bonds is 7. The standard InChI is InChI=1S/C16H26N4O2S2/c1-11-5-2-3-7-13(11)18-14(21)10-23-16-20-19-15(24-16)17-9-12-6-4-8-22-12/h11-13H,2-10H2,1H3,(H,17,19)(H,18,21)/t11-,12+,13+/m1/s1. The molecule has 1 amide bonds. The molecule has 0 bridgehead atoms. The maximum absolute atomic E-state index is 12.1. The molecule has 2 aliphatic rings. The Labute approximate surface area is 151 Å². The topological polar surface area (TPSA) is 76.1 Å². The Balaban J connectivity index is 1.37. The second-order valence-electron chi connectivity index (χ2n) is 6.61. The SMILES string of the molecule is C[C@@H]1CCCC[C@@H]1NC(=O)CSc1nnc(NC[C@@H]2CCCO2)s1. The number of amides is 1. The Morgan fingerprint density at radius 3 is 2.96 bits per heavy atom. The zero-order valence-corrected chi connectivity index (χ0v) is 15.8. The van der Waals surface area contributed by atoms with Crippen LogP contribution in [0.1, 0.15) is 45.4 Å². The van der Waals surface area contributed by atoms with Crippen molar-refractivity contribution < 1.29 is 9.53 Å². The van der Waals surface area contributed by atoms with Gasteiger partial charge in [-0.3, -0.25) is 4.79 Å². The van der Waals surface area contributed by atoms with E-state index in [1.165, 1.54) is 42.4 Å². The van der Waals surface area contributed by atoms with Gasteiger partial charge in [0.15, 0.2) is 4.34 Å². The Morgan fingerprint density at radius 1 is 1.29 bits per heavy atom. The molecule has 2 N–H and O–H groups in total. The van der Waals surface area contributed by atoms with Gasteiger partial charge in [0.05, 0.1) is 11.9 Å². The fraction of sp³-hybridized carbons (Fsp3) is 0.812. The van der Waals surface area contributed by atoms with Crippen molar-refractivity contribution >= 4 is 34.1 Å². The van der Waals surface area contributed by atoms with Crippen molar-refractivity contribution in [3.8, 4) is 0 Å². The van der Waals surface area contributed by atoms with Gasteiger partial charge in [-0.05, 0) is 31.6 Å². The van der Waals surface area contributed by atoms with Gasteiger partial charge in [0.25, 0.3) is 0 Å². The van der Waals surface area contributed by atoms with Crippen LogP contribution in [0, 0.1) is 5.92 Å². The van der Waals surface area contributed by atoms with E-state index >= 15 is 0 Å². The summed E-state index contributed by atoms with van der Waals surface area (Å²) in [6.07, 6.45) is 7.36. The van der Waals surface area contributed by atoms with Gasteiger partial charge in [-0.15, -0.1) is 10.2 Å². The number of carbonyl (C=O) groups excluding carboxylic acids is 1. The summed E-state index contributed by atoms with van der Waals surface area (Å²) in [7, 11) is 0. The van der Waals surface area contributed by atoms with Gasteiger partial charge in [-0.2, -0.15) is 0 Å². The summed E-state index contributed by atoms with van der Waals surface area (Å²) in [5.74, 6) is 1.09. The Morgan fingerprint density at radius 2 is 2.17 bits per heavy atom. The number of nitrogens with zero attached hydrogens (tertiary/aromatic N) is 2. The summed E-state index contributed by atoms with van der Waals surface area (Å²) in [6, 6.07) is 0.338. The second-order valence-corrected chi connectivity index (χ2v) is 8.81. The zero-order chi connectivity index (χ0) is 16.8. The van der Waals surface area contributed by atoms with Gasteiger partial charge in [0.1, 0.15) is 0 Å². The fourth-order valence-corrected chi connectivity index (χ4v) is 4.82. The third kappa shape index (κ3) is 5.32. The first-order chi connectivity index (χ1) is 11.7. The molecular weight excluding hydrogens is 344 g/mol. The van der Waals surface area contributed by atoms with E-state index in [9.17, 15) is 4.79 Å². The number of aromatic nitrogens is 2. The first-order valence-electron chi connectivity index (χ1n) is 8.82. The Bertz CT molecular complexity index is 534. The van der Waals surface area contributed by atoms with Gasteiger partial charge in [-0.25, -0.2) is 0 Å². The molecule has 8 heteroatoms. The highest BCUT2D eigenvalue weighted by molar-refractivity contribution is 8.01. The van der Waals surface area contributed by atoms with E-state index in [0.717, 1.165) is 41.9 Å². The number of hydrogen-bond donors (Lipinski definition) is 2. The quantitative estimate of drug-likeness (QED) is 0.719. The molecule has 0 radical (unpaired) electrons. The molecule has 1 aromatic heterocycles. The highest BCUT2D eigenvalue weighted by Gasteiger charge is 2.23. The molecular formula is C16H26N4O2S2. The van der Waals surface area contributed by atoms with Crippen LogP contribution in [0.5, 0.6) is 0 Å². The van der Waals surface area contributed by atoms with Gasteiger partial charge in [0, 0.05) is 19.2 Å². The molecule has 3 rings (SSSR count). The van der Waals surface area contributed by atoms with Crippen LogP contribution < -0.4 is 10.6 Å². The van der Waals surface area contributed by atoms with Gasteiger partial charge >= 0.3 is 0 Å². The third-order valence-electron chi connectivity index (χ3n) is 4.70. The van der Waals surface area contributed by atoms with Gasteiger partial charge in [0.2, 0.25) is 11.0 Å². The molecule has 0 spiro atoms. The Kier molecular flexibility index (Phi) is 6.74. The van der Waals surface area contributed by atoms with Crippen LogP contribution in [0.4, 0.5) is 5.13 Å². The lowest BCUT2D eigenvalue weighted by atomic mass is 9.86. The number of ether oxygens (including phenoxy) is 1. The summed E-state index contributed by atoms with van der Waals surface area (Å²) in [4.78, 5) is 12.1. The summed E-state index contributed by atoms with van der Waals surface area (Å²) >= 11 is 2.96. The number of hydrogen-bond acceptors (Lipinski definition) is 7. The number of carbonyl (C=O) groups is 1. The van der Waals surface area contributed by atoms with Crippen molar-refractivity contribution in [2.45, 2.75) is 61.9 Å². The van der Waals surface area contributed by atoms with Crippen molar-refractivity contribution in [3.05, 3.63) is 0 Å². The minimum Gasteiger partial charge on any atom is -0.376 e. The lowest BCUT2D eigenvalue weighted by Crippen LogP contribution is -2.41.